The van der Waals surface area contributed by atoms with Gasteiger partial charge < -0.3 is 25.0 Å². The molecule has 0 unspecified atom stereocenters. The minimum Gasteiger partial charge on any atom is -0.491 e. The zero-order valence-electron chi connectivity index (χ0n) is 16.3. The van der Waals surface area contributed by atoms with E-state index in [1.165, 1.54) is 17.0 Å². The summed E-state index contributed by atoms with van der Waals surface area (Å²) in [5.41, 5.74) is 1.71. The molecule has 8 nitrogen and oxygen atoms in total. The van der Waals surface area contributed by atoms with Gasteiger partial charge in [0.25, 0.3) is 11.8 Å². The number of rotatable bonds is 1. The first-order valence-electron chi connectivity index (χ1n) is 9.27. The minimum atomic E-state index is -4.85. The molecule has 3 N–H and O–H groups in total. The van der Waals surface area contributed by atoms with E-state index in [1.54, 1.807) is 13.1 Å². The third-order valence-electron chi connectivity index (χ3n) is 5.19. The number of aromatic nitrogens is 2. The summed E-state index contributed by atoms with van der Waals surface area (Å²) in [6.45, 7) is 0.0829. The number of hydrogen-bond acceptors (Lipinski definition) is 5. The summed E-state index contributed by atoms with van der Waals surface area (Å²) in [6, 6.07) is 4.49. The predicted molar refractivity (Wildman–Crippen MR) is 101 cm³/mol. The molecule has 1 saturated heterocycles. The topological polar surface area (TPSA) is 111 Å². The molecule has 11 heteroatoms. The Kier molecular flexibility index (Phi) is 4.70. The normalized spacial score (nSPS) is 20.3. The van der Waals surface area contributed by atoms with E-state index in [4.69, 9.17) is 10.5 Å². The number of amides is 2. The quantitative estimate of drug-likeness (QED) is 0.651. The molecule has 31 heavy (non-hydrogen) atoms. The number of primary amides is 1. The van der Waals surface area contributed by atoms with Gasteiger partial charge in [-0.2, -0.15) is 13.2 Å². The highest BCUT2D eigenvalue weighted by atomic mass is 19.4. The van der Waals surface area contributed by atoms with Crippen molar-refractivity contribution in [2.75, 3.05) is 20.2 Å². The number of likely N-dealkylation sites (tertiary alicyclic amines) is 1. The Morgan fingerprint density at radius 2 is 2.10 bits per heavy atom. The number of ether oxygens (including phenoxy) is 1. The smallest absolute Gasteiger partial charge is 0.433 e. The molecule has 0 bridgehead atoms. The van der Waals surface area contributed by atoms with Crippen molar-refractivity contribution in [2.45, 2.75) is 24.7 Å². The fourth-order valence-corrected chi connectivity index (χ4v) is 3.64. The van der Waals surface area contributed by atoms with E-state index in [0.717, 1.165) is 4.57 Å². The molecule has 1 aromatic heterocycles. The maximum absolute atomic E-state index is 13.6. The molecule has 0 spiro atoms. The van der Waals surface area contributed by atoms with Crippen molar-refractivity contribution in [3.63, 3.8) is 0 Å². The fraction of sp³-hybridized carbons (Fsp3) is 0.350. The van der Waals surface area contributed by atoms with E-state index < -0.39 is 35.0 Å². The van der Waals surface area contributed by atoms with Gasteiger partial charge in [0.15, 0.2) is 11.4 Å². The Balaban J connectivity index is 1.83. The van der Waals surface area contributed by atoms with Crippen LogP contribution < -0.4 is 10.5 Å². The van der Waals surface area contributed by atoms with E-state index in [0.29, 0.717) is 12.1 Å². The first kappa shape index (κ1) is 20.7. The van der Waals surface area contributed by atoms with Crippen LogP contribution in [0.4, 0.5) is 13.2 Å². The molecule has 4 rings (SSSR count). The Hall–Kier alpha value is -3.52. The number of carbonyl (C=O) groups excluding carboxylic acids is 2. The average Bonchev–Trinajstić information content (AvgIpc) is 3.15. The van der Waals surface area contributed by atoms with Gasteiger partial charge in [0, 0.05) is 25.6 Å². The maximum atomic E-state index is 13.6. The third-order valence-corrected chi connectivity index (χ3v) is 5.19. The van der Waals surface area contributed by atoms with Crippen LogP contribution in [0.5, 0.6) is 5.75 Å². The zero-order valence-corrected chi connectivity index (χ0v) is 16.3. The summed E-state index contributed by atoms with van der Waals surface area (Å²) in [6.07, 6.45) is -4.71. The van der Waals surface area contributed by atoms with Crippen molar-refractivity contribution in [1.29, 1.82) is 0 Å². The second kappa shape index (κ2) is 7.02. The van der Waals surface area contributed by atoms with E-state index in [2.05, 4.69) is 16.8 Å². The zero-order chi connectivity index (χ0) is 22.6. The fourth-order valence-electron chi connectivity index (χ4n) is 3.64. The second-order valence-electron chi connectivity index (χ2n) is 7.29. The summed E-state index contributed by atoms with van der Waals surface area (Å²) in [7, 11) is 1.55. The van der Waals surface area contributed by atoms with Gasteiger partial charge in [0.2, 0.25) is 5.60 Å². The molecule has 2 amide bonds. The van der Waals surface area contributed by atoms with Gasteiger partial charge in [0.1, 0.15) is 18.2 Å². The highest BCUT2D eigenvalue weighted by molar-refractivity contribution is 5.93. The van der Waals surface area contributed by atoms with Crippen LogP contribution in [-0.2, 0) is 17.5 Å². The van der Waals surface area contributed by atoms with Crippen molar-refractivity contribution in [3.8, 4) is 29.0 Å². The Morgan fingerprint density at radius 3 is 2.71 bits per heavy atom. The molecule has 2 aliphatic heterocycles. The Bertz CT molecular complexity index is 1160. The van der Waals surface area contributed by atoms with Crippen LogP contribution in [0, 0.1) is 11.8 Å². The lowest BCUT2D eigenvalue weighted by Gasteiger charge is -2.13. The third kappa shape index (κ3) is 3.48. The number of likely N-dealkylation sites (N-methyl/N-ethyl adjacent to an activating group) is 1. The lowest BCUT2D eigenvalue weighted by molar-refractivity contribution is -0.144. The largest absolute Gasteiger partial charge is 0.491 e. The van der Waals surface area contributed by atoms with Crippen molar-refractivity contribution < 1.29 is 32.6 Å². The molecule has 0 aliphatic carbocycles. The average molecular weight is 434 g/mol. The molecule has 1 aromatic carbocycles. The van der Waals surface area contributed by atoms with Crippen LogP contribution in [0.25, 0.3) is 11.4 Å². The van der Waals surface area contributed by atoms with Gasteiger partial charge in [-0.25, -0.2) is 4.98 Å². The molecule has 2 aliphatic rings. The van der Waals surface area contributed by atoms with E-state index in [9.17, 15) is 27.9 Å². The number of nitrogens with zero attached hydrogens (tertiary/aromatic N) is 3. The highest BCUT2D eigenvalue weighted by Gasteiger charge is 2.43. The maximum Gasteiger partial charge on any atom is 0.433 e. The number of aliphatic hydroxyl groups is 1. The number of imidazole rings is 1. The van der Waals surface area contributed by atoms with Gasteiger partial charge >= 0.3 is 6.18 Å². The molecule has 0 saturated carbocycles. The molecule has 162 valence electrons. The second-order valence-corrected chi connectivity index (χ2v) is 7.29. The Morgan fingerprint density at radius 1 is 1.35 bits per heavy atom. The van der Waals surface area contributed by atoms with Gasteiger partial charge in [-0.1, -0.05) is 11.8 Å². The molecule has 1 atom stereocenters. The molecule has 1 fully saturated rings. The molecule has 3 heterocycles. The summed E-state index contributed by atoms with van der Waals surface area (Å²) in [5.74, 6) is 3.57. The van der Waals surface area contributed by atoms with E-state index in [-0.39, 0.29) is 36.7 Å². The highest BCUT2D eigenvalue weighted by Crippen LogP contribution is 2.39. The monoisotopic (exact) mass is 434 g/mol. The van der Waals surface area contributed by atoms with Crippen molar-refractivity contribution in [1.82, 2.24) is 14.5 Å². The summed E-state index contributed by atoms with van der Waals surface area (Å²) < 4.78 is 47.3. The summed E-state index contributed by atoms with van der Waals surface area (Å²) in [5, 5.41) is 10.4. The number of benzene rings is 1. The van der Waals surface area contributed by atoms with Gasteiger partial charge in [-0.05, 0) is 18.2 Å². The van der Waals surface area contributed by atoms with E-state index >= 15 is 0 Å². The van der Waals surface area contributed by atoms with Crippen LogP contribution in [0.15, 0.2) is 18.2 Å². The molecule has 0 radical (unpaired) electrons. The SMILES string of the molecule is CN1CC[C@@](O)(C#Cc2ccc3c(c2)-c2nc(C(N)=O)c(C(F)(F)F)n2CCO3)C1=O. The van der Waals surface area contributed by atoms with Crippen LogP contribution >= 0.6 is 0 Å². The number of hydrogen-bond donors (Lipinski definition) is 2. The van der Waals surface area contributed by atoms with Crippen LogP contribution in [-0.4, -0.2) is 57.2 Å². The molecular weight excluding hydrogens is 417 g/mol. The minimum absolute atomic E-state index is 0.0801. The molecular formula is C20H17F3N4O4. The van der Waals surface area contributed by atoms with Crippen molar-refractivity contribution >= 4 is 11.8 Å². The Labute approximate surface area is 174 Å². The standard InChI is InChI=1S/C20H17F3N4O4/c1-26-7-6-19(30,18(26)29)5-4-11-2-3-13-12(10-11)17-25-14(16(24)28)15(20(21,22)23)27(17)8-9-31-13/h2-3,10,30H,6-9H2,1H3,(H2,24,28)/t19-/m0/s1. The summed E-state index contributed by atoms with van der Waals surface area (Å²) in [4.78, 5) is 28.9. The first-order valence-corrected chi connectivity index (χ1v) is 9.27. The van der Waals surface area contributed by atoms with Crippen LogP contribution in [0.2, 0.25) is 0 Å². The molecule has 2 aromatic rings. The lowest BCUT2D eigenvalue weighted by Crippen LogP contribution is -2.37. The van der Waals surface area contributed by atoms with Crippen molar-refractivity contribution in [2.24, 2.45) is 5.73 Å². The van der Waals surface area contributed by atoms with Gasteiger partial charge in [0.05, 0.1) is 12.1 Å². The summed E-state index contributed by atoms with van der Waals surface area (Å²) >= 11 is 0. The van der Waals surface area contributed by atoms with Gasteiger partial charge in [-0.15, -0.1) is 0 Å². The van der Waals surface area contributed by atoms with Gasteiger partial charge in [-0.3, -0.25) is 9.59 Å². The lowest BCUT2D eigenvalue weighted by atomic mass is 10.0. The number of alkyl halides is 3. The van der Waals surface area contributed by atoms with Crippen LogP contribution in [0.3, 0.4) is 0 Å². The number of carbonyl (C=O) groups is 2. The van der Waals surface area contributed by atoms with Crippen molar-refractivity contribution in [3.05, 3.63) is 35.2 Å². The predicted octanol–water partition coefficient (Wildman–Crippen LogP) is 1.00. The van der Waals surface area contributed by atoms with Crippen LogP contribution in [0.1, 0.15) is 28.2 Å². The van der Waals surface area contributed by atoms with E-state index in [1.807, 2.05) is 0 Å². The number of fused-ring (bicyclic) bond motifs is 3. The number of nitrogens with two attached hydrogens (primary N) is 1. The first-order chi connectivity index (χ1) is 14.5. The number of halogens is 3.